The topological polar surface area (TPSA) is 20.2 Å². The molecular formula is C14H16O. The van der Waals surface area contributed by atoms with Crippen LogP contribution in [-0.4, -0.2) is 5.11 Å². The van der Waals surface area contributed by atoms with Crippen LogP contribution in [0.15, 0.2) is 36.4 Å². The number of hydrogen-bond acceptors (Lipinski definition) is 1. The molecule has 1 saturated carbocycles. The summed E-state index contributed by atoms with van der Waals surface area (Å²) < 4.78 is 0. The quantitative estimate of drug-likeness (QED) is 0.688. The van der Waals surface area contributed by atoms with E-state index in [0.717, 1.165) is 11.8 Å². The Kier molecular flexibility index (Phi) is 2.05. The van der Waals surface area contributed by atoms with Gasteiger partial charge in [0.1, 0.15) is 5.75 Å². The molecule has 0 spiro atoms. The number of benzene rings is 1. The predicted molar refractivity (Wildman–Crippen MR) is 60.8 cm³/mol. The molecule has 2 aliphatic rings. The second-order valence-corrected chi connectivity index (χ2v) is 4.76. The van der Waals surface area contributed by atoms with Gasteiger partial charge in [0.25, 0.3) is 0 Å². The maximum atomic E-state index is 9.27. The number of aromatic hydroxyl groups is 1. The van der Waals surface area contributed by atoms with Crippen molar-refractivity contribution in [1.29, 1.82) is 0 Å². The van der Waals surface area contributed by atoms with Crippen molar-refractivity contribution < 1.29 is 5.11 Å². The van der Waals surface area contributed by atoms with Crippen LogP contribution in [0.2, 0.25) is 0 Å². The van der Waals surface area contributed by atoms with E-state index in [1.807, 2.05) is 0 Å². The third-order valence-corrected chi connectivity index (χ3v) is 3.93. The smallest absolute Gasteiger partial charge is 0.115 e. The lowest BCUT2D eigenvalue weighted by atomic mass is 9.86. The Morgan fingerprint density at radius 2 is 1.80 bits per heavy atom. The van der Waals surface area contributed by atoms with Gasteiger partial charge in [-0.15, -0.1) is 0 Å². The molecule has 0 radical (unpaired) electrons. The van der Waals surface area contributed by atoms with E-state index in [9.17, 15) is 5.11 Å². The molecule has 2 aliphatic carbocycles. The second-order valence-electron chi connectivity index (χ2n) is 4.76. The van der Waals surface area contributed by atoms with Crippen molar-refractivity contribution in [3.63, 3.8) is 0 Å². The predicted octanol–water partition coefficient (Wildman–Crippen LogP) is 3.46. The van der Waals surface area contributed by atoms with Gasteiger partial charge in [0.2, 0.25) is 0 Å². The van der Waals surface area contributed by atoms with Crippen LogP contribution < -0.4 is 0 Å². The van der Waals surface area contributed by atoms with Gasteiger partial charge in [-0.05, 0) is 42.4 Å². The van der Waals surface area contributed by atoms with E-state index in [0.29, 0.717) is 11.7 Å². The number of rotatable bonds is 1. The fraction of sp³-hybridized carbons (Fsp3) is 0.429. The molecule has 0 heterocycles. The summed E-state index contributed by atoms with van der Waals surface area (Å²) >= 11 is 0. The van der Waals surface area contributed by atoms with E-state index < -0.39 is 0 Å². The zero-order valence-corrected chi connectivity index (χ0v) is 8.76. The van der Waals surface area contributed by atoms with Gasteiger partial charge in [-0.1, -0.05) is 30.7 Å². The third-order valence-electron chi connectivity index (χ3n) is 3.93. The first-order valence-electron chi connectivity index (χ1n) is 5.82. The summed E-state index contributed by atoms with van der Waals surface area (Å²) in [4.78, 5) is 0. The normalized spacial score (nSPS) is 33.2. The lowest BCUT2D eigenvalue weighted by Crippen LogP contribution is -2.08. The van der Waals surface area contributed by atoms with Crippen LogP contribution in [0, 0.1) is 11.8 Å². The van der Waals surface area contributed by atoms with Crippen molar-refractivity contribution in [3.8, 4) is 5.75 Å². The summed E-state index contributed by atoms with van der Waals surface area (Å²) in [7, 11) is 0. The van der Waals surface area contributed by atoms with Crippen molar-refractivity contribution in [2.45, 2.75) is 25.2 Å². The Labute approximate surface area is 90.4 Å². The molecule has 0 saturated heterocycles. The lowest BCUT2D eigenvalue weighted by Gasteiger charge is -2.18. The molecule has 0 aliphatic heterocycles. The summed E-state index contributed by atoms with van der Waals surface area (Å²) in [6.45, 7) is 0. The summed E-state index contributed by atoms with van der Waals surface area (Å²) in [6, 6.07) is 7.72. The van der Waals surface area contributed by atoms with Gasteiger partial charge in [0.05, 0.1) is 0 Å². The Morgan fingerprint density at radius 3 is 2.60 bits per heavy atom. The maximum absolute atomic E-state index is 9.27. The molecule has 1 nitrogen and oxygen atoms in total. The molecule has 1 heteroatoms. The molecule has 1 fully saturated rings. The molecule has 0 bridgehead atoms. The Bertz CT molecular complexity index is 377. The van der Waals surface area contributed by atoms with E-state index in [1.54, 1.807) is 12.1 Å². The molecule has 78 valence electrons. The van der Waals surface area contributed by atoms with Gasteiger partial charge in [-0.2, -0.15) is 0 Å². The average molecular weight is 200 g/mol. The van der Waals surface area contributed by atoms with Gasteiger partial charge in [0, 0.05) is 5.92 Å². The first kappa shape index (κ1) is 9.02. The van der Waals surface area contributed by atoms with Crippen LogP contribution in [0.3, 0.4) is 0 Å². The van der Waals surface area contributed by atoms with Gasteiger partial charge in [0.15, 0.2) is 0 Å². The van der Waals surface area contributed by atoms with E-state index in [2.05, 4.69) is 24.3 Å². The van der Waals surface area contributed by atoms with E-state index in [4.69, 9.17) is 0 Å². The summed E-state index contributed by atoms with van der Waals surface area (Å²) in [5.74, 6) is 2.61. The van der Waals surface area contributed by atoms with E-state index >= 15 is 0 Å². The second kappa shape index (κ2) is 3.41. The first-order valence-corrected chi connectivity index (χ1v) is 5.82. The van der Waals surface area contributed by atoms with Crippen LogP contribution in [0.1, 0.15) is 30.7 Å². The van der Waals surface area contributed by atoms with Crippen LogP contribution in [0.25, 0.3) is 0 Å². The summed E-state index contributed by atoms with van der Waals surface area (Å²) in [5.41, 5.74) is 1.36. The van der Waals surface area contributed by atoms with Gasteiger partial charge in [-0.3, -0.25) is 0 Å². The molecule has 3 atom stereocenters. The number of fused-ring (bicyclic) bond motifs is 1. The minimum absolute atomic E-state index is 0.365. The highest BCUT2D eigenvalue weighted by Crippen LogP contribution is 2.47. The number of phenols is 1. The van der Waals surface area contributed by atoms with Crippen molar-refractivity contribution >= 4 is 0 Å². The van der Waals surface area contributed by atoms with Crippen LogP contribution in [0.4, 0.5) is 0 Å². The number of hydrogen-bond donors (Lipinski definition) is 1. The maximum Gasteiger partial charge on any atom is 0.115 e. The van der Waals surface area contributed by atoms with E-state index in [1.165, 1.54) is 24.8 Å². The van der Waals surface area contributed by atoms with Crippen molar-refractivity contribution in [1.82, 2.24) is 0 Å². The number of allylic oxidation sites excluding steroid dienone is 2. The Morgan fingerprint density at radius 1 is 1.00 bits per heavy atom. The fourth-order valence-corrected chi connectivity index (χ4v) is 3.16. The molecule has 1 aromatic rings. The SMILES string of the molecule is Oc1ccc(C2C=CC3CCCC32)cc1. The molecule has 0 amide bonds. The minimum Gasteiger partial charge on any atom is -0.508 e. The summed E-state index contributed by atoms with van der Waals surface area (Å²) in [5, 5.41) is 9.27. The number of phenolic OH excluding ortho intramolecular Hbond substituents is 1. The van der Waals surface area contributed by atoms with Crippen molar-refractivity contribution in [2.24, 2.45) is 11.8 Å². The minimum atomic E-state index is 0.365. The van der Waals surface area contributed by atoms with Crippen molar-refractivity contribution in [2.75, 3.05) is 0 Å². The highest BCUT2D eigenvalue weighted by molar-refractivity contribution is 5.33. The Hall–Kier alpha value is -1.24. The zero-order chi connectivity index (χ0) is 10.3. The molecule has 15 heavy (non-hydrogen) atoms. The highest BCUT2D eigenvalue weighted by atomic mass is 16.3. The molecular weight excluding hydrogens is 184 g/mol. The molecule has 3 unspecified atom stereocenters. The Balaban J connectivity index is 1.88. The first-order chi connectivity index (χ1) is 7.34. The van der Waals surface area contributed by atoms with Crippen LogP contribution in [-0.2, 0) is 0 Å². The van der Waals surface area contributed by atoms with Gasteiger partial charge < -0.3 is 5.11 Å². The largest absolute Gasteiger partial charge is 0.508 e. The van der Waals surface area contributed by atoms with Gasteiger partial charge >= 0.3 is 0 Å². The zero-order valence-electron chi connectivity index (χ0n) is 8.76. The van der Waals surface area contributed by atoms with Crippen molar-refractivity contribution in [3.05, 3.63) is 42.0 Å². The monoisotopic (exact) mass is 200 g/mol. The third kappa shape index (κ3) is 1.46. The fourth-order valence-electron chi connectivity index (χ4n) is 3.16. The molecule has 3 rings (SSSR count). The highest BCUT2D eigenvalue weighted by Gasteiger charge is 2.35. The lowest BCUT2D eigenvalue weighted by molar-refractivity contribution is 0.447. The molecule has 1 N–H and O–H groups in total. The van der Waals surface area contributed by atoms with Gasteiger partial charge in [-0.25, -0.2) is 0 Å². The van der Waals surface area contributed by atoms with Crippen LogP contribution in [0.5, 0.6) is 5.75 Å². The summed E-state index contributed by atoms with van der Waals surface area (Å²) in [6.07, 6.45) is 8.88. The standard InChI is InChI=1S/C14H16O/c15-12-7-4-11(5-8-12)14-9-6-10-2-1-3-13(10)14/h4-10,13-15H,1-3H2. The molecule has 0 aromatic heterocycles. The molecule has 1 aromatic carbocycles. The average Bonchev–Trinajstić information content (AvgIpc) is 2.80. The van der Waals surface area contributed by atoms with Crippen LogP contribution >= 0.6 is 0 Å². The van der Waals surface area contributed by atoms with E-state index in [-0.39, 0.29) is 0 Å².